The number of hydrogen-bond donors (Lipinski definition) is 1. The Balaban J connectivity index is 2.25. The topological polar surface area (TPSA) is 79.4 Å². The number of rotatable bonds is 3. The fraction of sp³-hybridized carbons (Fsp3) is 0.500. The van der Waals surface area contributed by atoms with Crippen molar-refractivity contribution in [2.75, 3.05) is 30.9 Å². The van der Waals surface area contributed by atoms with E-state index in [9.17, 15) is 17.6 Å². The normalized spacial score (nSPS) is 20.6. The molecule has 0 radical (unpaired) electrons. The van der Waals surface area contributed by atoms with E-state index in [4.69, 9.17) is 0 Å². The molecule has 1 fully saturated rings. The number of sulfone groups is 1. The Morgan fingerprint density at radius 3 is 2.80 bits per heavy atom. The molecule has 1 amide bonds. The van der Waals surface area contributed by atoms with Crippen molar-refractivity contribution in [2.24, 2.45) is 0 Å². The monoisotopic (exact) mass is 301 g/mol. The predicted octanol–water partition coefficient (Wildman–Crippen LogP) is 0.521. The fourth-order valence-electron chi connectivity index (χ4n) is 2.24. The highest BCUT2D eigenvalue weighted by Crippen LogP contribution is 2.21. The molecule has 2 heterocycles. The van der Waals surface area contributed by atoms with E-state index in [1.54, 1.807) is 7.05 Å². The van der Waals surface area contributed by atoms with Crippen molar-refractivity contribution in [1.29, 1.82) is 0 Å². The molecule has 0 aliphatic carbocycles. The zero-order valence-electron chi connectivity index (χ0n) is 11.3. The Labute approximate surface area is 116 Å². The van der Waals surface area contributed by atoms with Gasteiger partial charge in [-0.15, -0.1) is 0 Å². The van der Waals surface area contributed by atoms with Gasteiger partial charge in [0.05, 0.1) is 23.3 Å². The average Bonchev–Trinajstić information content (AvgIpc) is 2.77. The molecule has 1 atom stereocenters. The molecular weight excluding hydrogens is 285 g/mol. The van der Waals surface area contributed by atoms with E-state index in [1.807, 2.05) is 0 Å². The minimum absolute atomic E-state index is 0.0487. The van der Waals surface area contributed by atoms with Gasteiger partial charge in [-0.2, -0.15) is 0 Å². The van der Waals surface area contributed by atoms with Gasteiger partial charge in [-0.1, -0.05) is 0 Å². The van der Waals surface area contributed by atoms with Gasteiger partial charge in [0.15, 0.2) is 9.84 Å². The van der Waals surface area contributed by atoms with Crippen molar-refractivity contribution in [2.45, 2.75) is 12.5 Å². The van der Waals surface area contributed by atoms with Crippen LogP contribution in [0.3, 0.4) is 0 Å². The van der Waals surface area contributed by atoms with Crippen LogP contribution in [0.1, 0.15) is 16.8 Å². The number of carbonyl (C=O) groups is 1. The maximum absolute atomic E-state index is 13.3. The molecule has 0 saturated carbocycles. The van der Waals surface area contributed by atoms with E-state index >= 15 is 0 Å². The molecule has 8 heteroatoms. The molecule has 1 unspecified atom stereocenters. The van der Waals surface area contributed by atoms with Gasteiger partial charge in [0.1, 0.15) is 11.6 Å². The third-order valence-corrected chi connectivity index (χ3v) is 5.15. The highest BCUT2D eigenvalue weighted by atomic mass is 32.2. The maximum atomic E-state index is 13.3. The molecule has 1 aliphatic rings. The maximum Gasteiger partial charge on any atom is 0.257 e. The second kappa shape index (κ2) is 5.35. The third-order valence-electron chi connectivity index (χ3n) is 3.40. The van der Waals surface area contributed by atoms with Crippen LogP contribution in [0.15, 0.2) is 12.3 Å². The summed E-state index contributed by atoms with van der Waals surface area (Å²) in [6, 6.07) is 0.724. The van der Waals surface area contributed by atoms with Crippen LogP contribution < -0.4 is 5.32 Å². The van der Waals surface area contributed by atoms with Crippen molar-refractivity contribution < 1.29 is 17.6 Å². The van der Waals surface area contributed by atoms with Crippen LogP contribution in [0, 0.1) is 5.82 Å². The van der Waals surface area contributed by atoms with E-state index in [1.165, 1.54) is 11.9 Å². The van der Waals surface area contributed by atoms with E-state index < -0.39 is 21.6 Å². The number of hydrogen-bond acceptors (Lipinski definition) is 5. The van der Waals surface area contributed by atoms with Gasteiger partial charge in [-0.25, -0.2) is 17.8 Å². The zero-order chi connectivity index (χ0) is 14.9. The molecule has 1 N–H and O–H groups in total. The standard InChI is InChI=1S/C12H16FN3O3S/c1-14-11-10(5-8(13)6-15-11)12(17)16(2)9-3-4-20(18,19)7-9/h5-6,9H,3-4,7H2,1-2H3,(H,14,15). The number of nitrogens with zero attached hydrogens (tertiary/aromatic N) is 2. The van der Waals surface area contributed by atoms with Crippen molar-refractivity contribution in [1.82, 2.24) is 9.88 Å². The first-order chi connectivity index (χ1) is 9.34. The van der Waals surface area contributed by atoms with Crippen LogP contribution in [0.2, 0.25) is 0 Å². The largest absolute Gasteiger partial charge is 0.372 e. The van der Waals surface area contributed by atoms with Crippen LogP contribution >= 0.6 is 0 Å². The third kappa shape index (κ3) is 2.90. The van der Waals surface area contributed by atoms with Crippen molar-refractivity contribution >= 4 is 21.6 Å². The minimum Gasteiger partial charge on any atom is -0.372 e. The molecule has 6 nitrogen and oxygen atoms in total. The van der Waals surface area contributed by atoms with Crippen molar-refractivity contribution in [3.63, 3.8) is 0 Å². The predicted molar refractivity (Wildman–Crippen MR) is 72.9 cm³/mol. The lowest BCUT2D eigenvalue weighted by atomic mass is 10.1. The molecule has 1 aliphatic heterocycles. The van der Waals surface area contributed by atoms with Crippen LogP contribution in [0.4, 0.5) is 10.2 Å². The van der Waals surface area contributed by atoms with Gasteiger partial charge < -0.3 is 10.2 Å². The highest BCUT2D eigenvalue weighted by molar-refractivity contribution is 7.91. The first-order valence-corrected chi connectivity index (χ1v) is 7.97. The number of anilines is 1. The summed E-state index contributed by atoms with van der Waals surface area (Å²) in [5, 5.41) is 2.72. The number of amides is 1. The molecule has 1 aromatic rings. The van der Waals surface area contributed by atoms with Gasteiger partial charge in [0, 0.05) is 20.1 Å². The van der Waals surface area contributed by atoms with Crippen LogP contribution in [0.5, 0.6) is 0 Å². The van der Waals surface area contributed by atoms with E-state index in [2.05, 4.69) is 10.3 Å². The second-order valence-corrected chi connectivity index (χ2v) is 7.00. The van der Waals surface area contributed by atoms with E-state index in [0.717, 1.165) is 12.3 Å². The summed E-state index contributed by atoms with van der Waals surface area (Å²) in [6.45, 7) is 0. The molecule has 0 aromatic carbocycles. The highest BCUT2D eigenvalue weighted by Gasteiger charge is 2.33. The second-order valence-electron chi connectivity index (χ2n) is 4.77. The Kier molecular flexibility index (Phi) is 3.94. The Morgan fingerprint density at radius 1 is 1.55 bits per heavy atom. The van der Waals surface area contributed by atoms with Crippen LogP contribution in [-0.2, 0) is 9.84 Å². The van der Waals surface area contributed by atoms with Crippen LogP contribution in [0.25, 0.3) is 0 Å². The molecule has 0 bridgehead atoms. The number of pyridine rings is 1. The smallest absolute Gasteiger partial charge is 0.257 e. The quantitative estimate of drug-likeness (QED) is 0.880. The van der Waals surface area contributed by atoms with Gasteiger partial charge in [-0.3, -0.25) is 4.79 Å². The Bertz CT molecular complexity index is 633. The van der Waals surface area contributed by atoms with Gasteiger partial charge in [0.25, 0.3) is 5.91 Å². The lowest BCUT2D eigenvalue weighted by molar-refractivity contribution is 0.0748. The summed E-state index contributed by atoms with van der Waals surface area (Å²) in [5.74, 6) is -0.755. The van der Waals surface area contributed by atoms with Crippen molar-refractivity contribution in [3.8, 4) is 0 Å². The average molecular weight is 301 g/mol. The molecular formula is C12H16FN3O3S. The van der Waals surface area contributed by atoms with Crippen LogP contribution in [-0.4, -0.2) is 55.9 Å². The first kappa shape index (κ1) is 14.7. The Hall–Kier alpha value is -1.70. The number of halogens is 1. The molecule has 1 aromatic heterocycles. The van der Waals surface area contributed by atoms with Gasteiger partial charge >= 0.3 is 0 Å². The molecule has 1 saturated heterocycles. The summed E-state index contributed by atoms with van der Waals surface area (Å²) >= 11 is 0. The minimum atomic E-state index is -3.08. The molecule has 0 spiro atoms. The number of aromatic nitrogens is 1. The summed E-state index contributed by atoms with van der Waals surface area (Å²) in [4.78, 5) is 17.5. The van der Waals surface area contributed by atoms with E-state index in [0.29, 0.717) is 6.42 Å². The van der Waals surface area contributed by atoms with Crippen molar-refractivity contribution in [3.05, 3.63) is 23.6 Å². The summed E-state index contributed by atoms with van der Waals surface area (Å²) in [6.07, 6.45) is 1.42. The molecule has 110 valence electrons. The SMILES string of the molecule is CNc1ncc(F)cc1C(=O)N(C)C1CCS(=O)(=O)C1. The Morgan fingerprint density at radius 2 is 2.25 bits per heavy atom. The molecule has 2 rings (SSSR count). The number of carbonyl (C=O) groups excluding carboxylic acids is 1. The zero-order valence-corrected chi connectivity index (χ0v) is 12.1. The number of nitrogens with one attached hydrogen (secondary N) is 1. The summed E-state index contributed by atoms with van der Waals surface area (Å²) in [5.41, 5.74) is 0.0966. The summed E-state index contributed by atoms with van der Waals surface area (Å²) < 4.78 is 36.2. The fourth-order valence-corrected chi connectivity index (χ4v) is 4.01. The lowest BCUT2D eigenvalue weighted by Crippen LogP contribution is -2.38. The van der Waals surface area contributed by atoms with Gasteiger partial charge in [0.2, 0.25) is 0 Å². The first-order valence-electron chi connectivity index (χ1n) is 6.15. The van der Waals surface area contributed by atoms with E-state index in [-0.39, 0.29) is 28.9 Å². The molecule has 20 heavy (non-hydrogen) atoms. The van der Waals surface area contributed by atoms with Gasteiger partial charge in [-0.05, 0) is 12.5 Å². The summed E-state index contributed by atoms with van der Waals surface area (Å²) in [7, 11) is 0.0271. The lowest BCUT2D eigenvalue weighted by Gasteiger charge is -2.24.